The van der Waals surface area contributed by atoms with Crippen LogP contribution in [-0.2, 0) is 12.8 Å². The lowest BCUT2D eigenvalue weighted by atomic mass is 9.74. The minimum absolute atomic E-state index is 0.458. The maximum absolute atomic E-state index is 5.98. The molecule has 18 heavy (non-hydrogen) atoms. The van der Waals surface area contributed by atoms with E-state index in [0.29, 0.717) is 17.7 Å². The third-order valence-corrected chi connectivity index (χ3v) is 3.75. The quantitative estimate of drug-likeness (QED) is 0.868. The van der Waals surface area contributed by atoms with Crippen LogP contribution in [0.3, 0.4) is 0 Å². The van der Waals surface area contributed by atoms with Gasteiger partial charge in [-0.1, -0.05) is 38.1 Å². The van der Waals surface area contributed by atoms with Gasteiger partial charge in [-0.15, -0.1) is 0 Å². The fourth-order valence-corrected chi connectivity index (χ4v) is 2.82. The van der Waals surface area contributed by atoms with Crippen molar-refractivity contribution in [1.29, 1.82) is 0 Å². The Kier molecular flexibility index (Phi) is 2.62. The van der Waals surface area contributed by atoms with Crippen LogP contribution < -0.4 is 5.73 Å². The number of nitrogens with zero attached hydrogens (tertiary/aromatic N) is 1. The molecule has 0 saturated carbocycles. The van der Waals surface area contributed by atoms with Gasteiger partial charge < -0.3 is 5.73 Å². The monoisotopic (exact) mass is 241 g/mol. The van der Waals surface area contributed by atoms with Crippen molar-refractivity contribution in [3.8, 4) is 0 Å². The Morgan fingerprint density at radius 1 is 1.39 bits per heavy atom. The van der Waals surface area contributed by atoms with Crippen LogP contribution in [0, 0.1) is 5.92 Å². The predicted molar refractivity (Wildman–Crippen MR) is 73.5 cm³/mol. The normalized spacial score (nSPS) is 17.6. The fraction of sp³-hybridized carbons (Fsp3) is 0.400. The predicted octanol–water partition coefficient (Wildman–Crippen LogP) is 2.88. The molecule has 2 aromatic rings. The van der Waals surface area contributed by atoms with E-state index in [9.17, 15) is 0 Å². The SMILES string of the molecule is CC(C)Cc1c(N)n[nH]c1C1Cc2ccccc21. The van der Waals surface area contributed by atoms with Crippen molar-refractivity contribution in [2.75, 3.05) is 5.73 Å². The minimum atomic E-state index is 0.458. The second-order valence-corrected chi connectivity index (χ2v) is 5.55. The van der Waals surface area contributed by atoms with E-state index in [-0.39, 0.29) is 0 Å². The van der Waals surface area contributed by atoms with Gasteiger partial charge in [0.05, 0.1) is 0 Å². The van der Waals surface area contributed by atoms with Gasteiger partial charge in [-0.3, -0.25) is 5.10 Å². The molecular formula is C15H19N3. The fourth-order valence-electron chi connectivity index (χ4n) is 2.82. The molecule has 1 aromatic heterocycles. The number of aromatic amines is 1. The minimum Gasteiger partial charge on any atom is -0.382 e. The van der Waals surface area contributed by atoms with E-state index in [1.54, 1.807) is 0 Å². The zero-order valence-corrected chi connectivity index (χ0v) is 10.9. The van der Waals surface area contributed by atoms with Gasteiger partial charge in [0.1, 0.15) is 5.82 Å². The lowest BCUT2D eigenvalue weighted by molar-refractivity contribution is 0.624. The van der Waals surface area contributed by atoms with Gasteiger partial charge in [-0.25, -0.2) is 0 Å². The van der Waals surface area contributed by atoms with Gasteiger partial charge in [-0.05, 0) is 29.9 Å². The molecule has 1 heterocycles. The molecule has 1 aromatic carbocycles. The Hall–Kier alpha value is -1.77. The van der Waals surface area contributed by atoms with Gasteiger partial charge in [0, 0.05) is 17.2 Å². The first kappa shape index (κ1) is 11.3. The molecule has 0 aliphatic heterocycles. The number of fused-ring (bicyclic) bond motifs is 1. The lowest BCUT2D eigenvalue weighted by Gasteiger charge is -2.30. The van der Waals surface area contributed by atoms with E-state index in [1.807, 2.05) is 0 Å². The number of anilines is 1. The number of nitrogens with two attached hydrogens (primary N) is 1. The molecule has 1 aliphatic rings. The topological polar surface area (TPSA) is 54.7 Å². The highest BCUT2D eigenvalue weighted by molar-refractivity contribution is 5.52. The smallest absolute Gasteiger partial charge is 0.148 e. The van der Waals surface area contributed by atoms with Crippen LogP contribution in [0.4, 0.5) is 5.82 Å². The maximum atomic E-state index is 5.98. The van der Waals surface area contributed by atoms with Gasteiger partial charge in [0.2, 0.25) is 0 Å². The molecule has 0 radical (unpaired) electrons. The average Bonchev–Trinajstić information content (AvgIpc) is 2.63. The Morgan fingerprint density at radius 3 is 2.89 bits per heavy atom. The standard InChI is InChI=1S/C15H19N3/c1-9(2)7-13-14(17-18-15(13)16)12-8-10-5-3-4-6-11(10)12/h3-6,9,12H,7-8H2,1-2H3,(H3,16,17,18). The summed E-state index contributed by atoms with van der Waals surface area (Å²) in [5.41, 5.74) is 11.3. The van der Waals surface area contributed by atoms with Crippen molar-refractivity contribution in [3.05, 3.63) is 46.6 Å². The van der Waals surface area contributed by atoms with Gasteiger partial charge in [-0.2, -0.15) is 5.10 Å². The zero-order valence-electron chi connectivity index (χ0n) is 10.9. The van der Waals surface area contributed by atoms with Gasteiger partial charge in [0.25, 0.3) is 0 Å². The molecule has 0 amide bonds. The molecule has 0 bridgehead atoms. The van der Waals surface area contributed by atoms with Crippen LogP contribution in [0.15, 0.2) is 24.3 Å². The van der Waals surface area contributed by atoms with Gasteiger partial charge in [0.15, 0.2) is 0 Å². The third kappa shape index (κ3) is 1.70. The number of aromatic nitrogens is 2. The Morgan fingerprint density at radius 2 is 2.17 bits per heavy atom. The largest absolute Gasteiger partial charge is 0.382 e. The summed E-state index contributed by atoms with van der Waals surface area (Å²) < 4.78 is 0. The van der Waals surface area contributed by atoms with Crippen molar-refractivity contribution in [2.24, 2.45) is 5.92 Å². The summed E-state index contributed by atoms with van der Waals surface area (Å²) in [4.78, 5) is 0. The molecule has 3 rings (SSSR count). The Bertz CT molecular complexity index is 569. The maximum Gasteiger partial charge on any atom is 0.148 e. The van der Waals surface area contributed by atoms with E-state index in [2.05, 4.69) is 48.3 Å². The number of hydrogen-bond acceptors (Lipinski definition) is 2. The first-order valence-corrected chi connectivity index (χ1v) is 6.57. The summed E-state index contributed by atoms with van der Waals surface area (Å²) in [6.07, 6.45) is 2.10. The number of rotatable bonds is 3. The molecule has 0 spiro atoms. The number of hydrogen-bond donors (Lipinski definition) is 2. The Balaban J connectivity index is 1.95. The molecule has 3 nitrogen and oxygen atoms in total. The lowest BCUT2D eigenvalue weighted by Crippen LogP contribution is -2.20. The summed E-state index contributed by atoms with van der Waals surface area (Å²) >= 11 is 0. The molecule has 0 fully saturated rings. The first-order valence-electron chi connectivity index (χ1n) is 6.57. The number of nitrogen functional groups attached to an aromatic ring is 1. The van der Waals surface area contributed by atoms with Crippen molar-refractivity contribution >= 4 is 5.82 Å². The average molecular weight is 241 g/mol. The van der Waals surface area contributed by atoms with Crippen LogP contribution in [0.2, 0.25) is 0 Å². The van der Waals surface area contributed by atoms with Crippen LogP contribution in [-0.4, -0.2) is 10.2 Å². The zero-order chi connectivity index (χ0) is 12.7. The van der Waals surface area contributed by atoms with Crippen LogP contribution in [0.5, 0.6) is 0 Å². The van der Waals surface area contributed by atoms with E-state index in [1.165, 1.54) is 22.4 Å². The number of benzene rings is 1. The molecule has 3 heteroatoms. The van der Waals surface area contributed by atoms with Crippen molar-refractivity contribution in [3.63, 3.8) is 0 Å². The second-order valence-electron chi connectivity index (χ2n) is 5.55. The summed E-state index contributed by atoms with van der Waals surface area (Å²) in [7, 11) is 0. The van der Waals surface area contributed by atoms with Gasteiger partial charge >= 0.3 is 0 Å². The summed E-state index contributed by atoms with van der Waals surface area (Å²) in [5, 5.41) is 7.35. The highest BCUT2D eigenvalue weighted by Gasteiger charge is 2.31. The molecule has 94 valence electrons. The van der Waals surface area contributed by atoms with Crippen molar-refractivity contribution in [2.45, 2.75) is 32.6 Å². The molecule has 3 N–H and O–H groups in total. The van der Waals surface area contributed by atoms with Crippen LogP contribution >= 0.6 is 0 Å². The van der Waals surface area contributed by atoms with E-state index in [0.717, 1.165) is 12.8 Å². The first-order chi connectivity index (χ1) is 8.66. The Labute approximate surface area is 107 Å². The van der Waals surface area contributed by atoms with Crippen molar-refractivity contribution in [1.82, 2.24) is 10.2 Å². The highest BCUT2D eigenvalue weighted by Crippen LogP contribution is 2.41. The molecule has 0 saturated heterocycles. The summed E-state index contributed by atoms with van der Waals surface area (Å²) in [5.74, 6) is 1.72. The number of H-pyrrole nitrogens is 1. The molecule has 1 aliphatic carbocycles. The molecule has 1 unspecified atom stereocenters. The highest BCUT2D eigenvalue weighted by atomic mass is 15.2. The summed E-state index contributed by atoms with van der Waals surface area (Å²) in [6.45, 7) is 4.43. The van der Waals surface area contributed by atoms with E-state index >= 15 is 0 Å². The van der Waals surface area contributed by atoms with E-state index < -0.39 is 0 Å². The van der Waals surface area contributed by atoms with Crippen molar-refractivity contribution < 1.29 is 0 Å². The van der Waals surface area contributed by atoms with Crippen LogP contribution in [0.25, 0.3) is 0 Å². The molecule has 1 atom stereocenters. The van der Waals surface area contributed by atoms with E-state index in [4.69, 9.17) is 5.73 Å². The van der Waals surface area contributed by atoms with Crippen LogP contribution in [0.1, 0.15) is 42.1 Å². The number of nitrogens with one attached hydrogen (secondary N) is 1. The second kappa shape index (κ2) is 4.16. The molecular weight excluding hydrogens is 222 g/mol. The third-order valence-electron chi connectivity index (χ3n) is 3.75. The summed E-state index contributed by atoms with van der Waals surface area (Å²) in [6, 6.07) is 8.62.